The monoisotopic (exact) mass is 269 g/mol. The van der Waals surface area contributed by atoms with Crippen molar-refractivity contribution in [2.75, 3.05) is 18.5 Å². The minimum atomic E-state index is -0.301. The fourth-order valence-corrected chi connectivity index (χ4v) is 2.69. The number of ether oxygens (including phenoxy) is 1. The quantitative estimate of drug-likeness (QED) is 0.874. The van der Waals surface area contributed by atoms with Crippen molar-refractivity contribution < 1.29 is 9.53 Å². The molecule has 1 amide bonds. The van der Waals surface area contributed by atoms with Crippen molar-refractivity contribution in [1.29, 1.82) is 0 Å². The number of carbonyl (C=O) groups is 1. The zero-order valence-electron chi connectivity index (χ0n) is 10.9. The van der Waals surface area contributed by atoms with Gasteiger partial charge in [-0.25, -0.2) is 4.98 Å². The number of morpholine rings is 1. The summed E-state index contributed by atoms with van der Waals surface area (Å²) < 4.78 is 5.45. The molecule has 1 fully saturated rings. The lowest BCUT2D eigenvalue weighted by atomic mass is 10.1. The number of carbonyl (C=O) groups excluding carboxylic acids is 1. The third-order valence-electron chi connectivity index (χ3n) is 2.94. The van der Waals surface area contributed by atoms with Gasteiger partial charge in [0.25, 0.3) is 0 Å². The number of nitrogens with zero attached hydrogens (tertiary/aromatic N) is 1. The number of amides is 1. The molecule has 2 N–H and O–H groups in total. The highest BCUT2D eigenvalue weighted by Gasteiger charge is 2.28. The van der Waals surface area contributed by atoms with E-state index in [-0.39, 0.29) is 18.1 Å². The average Bonchev–Trinajstić information content (AvgIpc) is 2.78. The molecule has 1 aliphatic rings. The summed E-state index contributed by atoms with van der Waals surface area (Å²) in [5.41, 5.74) is 1.01. The maximum Gasteiger partial charge on any atom is 0.245 e. The molecule has 2 atom stereocenters. The second kappa shape index (κ2) is 5.77. The van der Waals surface area contributed by atoms with Crippen LogP contribution in [0.2, 0.25) is 0 Å². The van der Waals surface area contributed by atoms with Crippen molar-refractivity contribution in [1.82, 2.24) is 10.3 Å². The van der Waals surface area contributed by atoms with Crippen molar-refractivity contribution >= 4 is 22.4 Å². The molecule has 2 heterocycles. The fourth-order valence-electron chi connectivity index (χ4n) is 1.82. The van der Waals surface area contributed by atoms with E-state index < -0.39 is 0 Å². The molecule has 1 saturated heterocycles. The highest BCUT2D eigenvalue weighted by molar-refractivity contribution is 7.13. The molecule has 5 nitrogen and oxygen atoms in total. The molecule has 0 unspecified atom stereocenters. The Kier molecular flexibility index (Phi) is 4.31. The minimum Gasteiger partial charge on any atom is -0.375 e. The SMILES string of the molecule is CC(C)c1csc(NC(=O)[C@H]2NCCO[C@@H]2C)n1. The Balaban J connectivity index is 1.97. The Bertz CT molecular complexity index is 419. The normalized spacial score (nSPS) is 24.2. The number of rotatable bonds is 3. The van der Waals surface area contributed by atoms with E-state index in [9.17, 15) is 4.79 Å². The lowest BCUT2D eigenvalue weighted by Gasteiger charge is -2.28. The van der Waals surface area contributed by atoms with Crippen LogP contribution in [0.4, 0.5) is 5.13 Å². The molecule has 0 saturated carbocycles. The minimum absolute atomic E-state index is 0.0770. The van der Waals surface area contributed by atoms with Gasteiger partial charge in [0.1, 0.15) is 6.04 Å². The first-order valence-corrected chi connectivity index (χ1v) is 7.07. The maximum absolute atomic E-state index is 12.1. The van der Waals surface area contributed by atoms with E-state index >= 15 is 0 Å². The molecule has 1 aromatic rings. The summed E-state index contributed by atoms with van der Waals surface area (Å²) >= 11 is 1.46. The van der Waals surface area contributed by atoms with Gasteiger partial charge in [-0.2, -0.15) is 0 Å². The van der Waals surface area contributed by atoms with Crippen molar-refractivity contribution in [3.63, 3.8) is 0 Å². The molecule has 0 aliphatic carbocycles. The average molecular weight is 269 g/mol. The first-order chi connectivity index (χ1) is 8.58. The number of aromatic nitrogens is 1. The van der Waals surface area contributed by atoms with Crippen molar-refractivity contribution in [3.8, 4) is 0 Å². The van der Waals surface area contributed by atoms with E-state index in [1.165, 1.54) is 11.3 Å². The summed E-state index contributed by atoms with van der Waals surface area (Å²) in [6.45, 7) is 7.42. The van der Waals surface area contributed by atoms with Gasteiger partial charge >= 0.3 is 0 Å². The van der Waals surface area contributed by atoms with Crippen LogP contribution < -0.4 is 10.6 Å². The molecule has 0 radical (unpaired) electrons. The van der Waals surface area contributed by atoms with Crippen LogP contribution in [-0.2, 0) is 9.53 Å². The van der Waals surface area contributed by atoms with Crippen LogP contribution in [0.1, 0.15) is 32.4 Å². The van der Waals surface area contributed by atoms with Gasteiger partial charge in [0, 0.05) is 11.9 Å². The third-order valence-corrected chi connectivity index (χ3v) is 3.72. The van der Waals surface area contributed by atoms with E-state index in [4.69, 9.17) is 4.74 Å². The Morgan fingerprint density at radius 1 is 1.67 bits per heavy atom. The molecule has 100 valence electrons. The molecule has 1 aromatic heterocycles. The van der Waals surface area contributed by atoms with Crippen LogP contribution in [0.5, 0.6) is 0 Å². The Morgan fingerprint density at radius 3 is 3.06 bits per heavy atom. The smallest absolute Gasteiger partial charge is 0.245 e. The number of anilines is 1. The Labute approximate surface area is 111 Å². The zero-order valence-corrected chi connectivity index (χ0v) is 11.7. The summed E-state index contributed by atoms with van der Waals surface area (Å²) in [5, 5.41) is 8.64. The van der Waals surface area contributed by atoms with Gasteiger partial charge in [0.2, 0.25) is 5.91 Å². The fraction of sp³-hybridized carbons (Fsp3) is 0.667. The van der Waals surface area contributed by atoms with Gasteiger partial charge in [-0.15, -0.1) is 11.3 Å². The van der Waals surface area contributed by atoms with Gasteiger partial charge in [-0.05, 0) is 12.8 Å². The summed E-state index contributed by atoms with van der Waals surface area (Å²) in [6, 6.07) is -0.301. The first kappa shape index (κ1) is 13.5. The van der Waals surface area contributed by atoms with Crippen molar-refractivity contribution in [3.05, 3.63) is 11.1 Å². The number of nitrogens with one attached hydrogen (secondary N) is 2. The molecule has 0 bridgehead atoms. The van der Waals surface area contributed by atoms with Gasteiger partial charge < -0.3 is 15.4 Å². The van der Waals surface area contributed by atoms with Crippen LogP contribution >= 0.6 is 11.3 Å². The second-order valence-corrected chi connectivity index (χ2v) is 5.59. The largest absolute Gasteiger partial charge is 0.375 e. The lowest BCUT2D eigenvalue weighted by Crippen LogP contribution is -2.53. The number of thiazole rings is 1. The Hall–Kier alpha value is -0.980. The predicted octanol–water partition coefficient (Wildman–Crippen LogP) is 1.58. The van der Waals surface area contributed by atoms with Crippen molar-refractivity contribution in [2.24, 2.45) is 0 Å². The Morgan fingerprint density at radius 2 is 2.44 bits per heavy atom. The van der Waals surface area contributed by atoms with E-state index in [0.29, 0.717) is 24.2 Å². The summed E-state index contributed by atoms with van der Waals surface area (Å²) in [7, 11) is 0. The number of hydrogen-bond donors (Lipinski definition) is 2. The molecule has 1 aliphatic heterocycles. The number of hydrogen-bond acceptors (Lipinski definition) is 5. The highest BCUT2D eigenvalue weighted by atomic mass is 32.1. The van der Waals surface area contributed by atoms with Crippen molar-refractivity contribution in [2.45, 2.75) is 38.8 Å². The highest BCUT2D eigenvalue weighted by Crippen LogP contribution is 2.21. The molecule has 0 aromatic carbocycles. The van der Waals surface area contributed by atoms with Crippen LogP contribution in [-0.4, -0.2) is 36.2 Å². The summed E-state index contributed by atoms with van der Waals surface area (Å²) in [6.07, 6.45) is -0.108. The van der Waals surface area contributed by atoms with Crippen LogP contribution in [0, 0.1) is 0 Å². The van der Waals surface area contributed by atoms with Gasteiger partial charge in [-0.1, -0.05) is 13.8 Å². The van der Waals surface area contributed by atoms with Crippen LogP contribution in [0.25, 0.3) is 0 Å². The van der Waals surface area contributed by atoms with Gasteiger partial charge in [-0.3, -0.25) is 4.79 Å². The van der Waals surface area contributed by atoms with E-state index in [2.05, 4.69) is 29.5 Å². The standard InChI is InChI=1S/C12H19N3O2S/c1-7(2)9-6-18-12(14-9)15-11(16)10-8(3)17-5-4-13-10/h6-8,10,13H,4-5H2,1-3H3,(H,14,15,16)/t8-,10+/m1/s1. The van der Waals surface area contributed by atoms with E-state index in [0.717, 1.165) is 5.69 Å². The molecule has 0 spiro atoms. The zero-order chi connectivity index (χ0) is 13.1. The summed E-state index contributed by atoms with van der Waals surface area (Å²) in [4.78, 5) is 16.5. The first-order valence-electron chi connectivity index (χ1n) is 6.19. The summed E-state index contributed by atoms with van der Waals surface area (Å²) in [5.74, 6) is 0.300. The molecular weight excluding hydrogens is 250 g/mol. The molecule has 18 heavy (non-hydrogen) atoms. The van der Waals surface area contributed by atoms with Gasteiger partial charge in [0.15, 0.2) is 5.13 Å². The molecule has 2 rings (SSSR count). The maximum atomic E-state index is 12.1. The van der Waals surface area contributed by atoms with Gasteiger partial charge in [0.05, 0.1) is 18.4 Å². The van der Waals surface area contributed by atoms with Crippen LogP contribution in [0.3, 0.4) is 0 Å². The topological polar surface area (TPSA) is 63.2 Å². The van der Waals surface area contributed by atoms with Crippen LogP contribution in [0.15, 0.2) is 5.38 Å². The third kappa shape index (κ3) is 3.07. The predicted molar refractivity (Wildman–Crippen MR) is 72.0 cm³/mol. The molecule has 6 heteroatoms. The lowest BCUT2D eigenvalue weighted by molar-refractivity contribution is -0.123. The molecular formula is C12H19N3O2S. The van der Waals surface area contributed by atoms with E-state index in [1.54, 1.807) is 0 Å². The van der Waals surface area contributed by atoms with E-state index in [1.807, 2.05) is 12.3 Å². The second-order valence-electron chi connectivity index (χ2n) is 4.73.